The Bertz CT molecular complexity index is 480. The van der Waals surface area contributed by atoms with Crippen molar-refractivity contribution in [2.45, 2.75) is 44.7 Å². The zero-order valence-electron chi connectivity index (χ0n) is 12.5. The van der Waals surface area contributed by atoms with Crippen LogP contribution in [0.3, 0.4) is 0 Å². The summed E-state index contributed by atoms with van der Waals surface area (Å²) < 4.78 is 13.8. The molecule has 1 aliphatic rings. The molecule has 1 heterocycles. The van der Waals surface area contributed by atoms with Crippen molar-refractivity contribution in [2.24, 2.45) is 5.73 Å². The smallest absolute Gasteiger partial charge is 0.237 e. The van der Waals surface area contributed by atoms with Crippen molar-refractivity contribution in [1.29, 1.82) is 0 Å². The second-order valence-electron chi connectivity index (χ2n) is 5.64. The van der Waals surface area contributed by atoms with Crippen molar-refractivity contribution in [2.75, 3.05) is 18.0 Å². The highest BCUT2D eigenvalue weighted by Gasteiger charge is 2.24. The van der Waals surface area contributed by atoms with Gasteiger partial charge in [-0.25, -0.2) is 4.39 Å². The van der Waals surface area contributed by atoms with Crippen molar-refractivity contribution in [1.82, 2.24) is 5.32 Å². The third kappa shape index (κ3) is 4.17. The summed E-state index contributed by atoms with van der Waals surface area (Å²) in [5.74, 6) is -0.315. The van der Waals surface area contributed by atoms with Crippen molar-refractivity contribution in [3.8, 4) is 0 Å². The minimum Gasteiger partial charge on any atom is -0.367 e. The number of benzene rings is 1. The van der Waals surface area contributed by atoms with Gasteiger partial charge in [-0.15, -0.1) is 0 Å². The number of hydrogen-bond acceptors (Lipinski definition) is 3. The third-order valence-electron chi connectivity index (χ3n) is 3.90. The lowest BCUT2D eigenvalue weighted by Crippen LogP contribution is -2.52. The molecule has 0 bridgehead atoms. The second kappa shape index (κ2) is 7.41. The van der Waals surface area contributed by atoms with Crippen LogP contribution in [0.1, 0.15) is 32.6 Å². The van der Waals surface area contributed by atoms with Crippen LogP contribution in [0, 0.1) is 5.82 Å². The van der Waals surface area contributed by atoms with E-state index in [0.717, 1.165) is 25.8 Å². The standard InChI is InChI=1S/C16H24FN3O/c1-2-6-14(18)16(21)19-12-7-5-10-20(11-12)15-9-4-3-8-13(15)17/h3-4,8-9,12,14H,2,5-7,10-11,18H2,1H3,(H,19,21). The Kier molecular flexibility index (Phi) is 5.56. The highest BCUT2D eigenvalue weighted by atomic mass is 19.1. The van der Waals surface area contributed by atoms with E-state index in [0.29, 0.717) is 18.7 Å². The van der Waals surface area contributed by atoms with Gasteiger partial charge < -0.3 is 16.0 Å². The minimum absolute atomic E-state index is 0.0359. The largest absolute Gasteiger partial charge is 0.367 e. The Morgan fingerprint density at radius 3 is 3.00 bits per heavy atom. The van der Waals surface area contributed by atoms with Gasteiger partial charge in [-0.05, 0) is 31.4 Å². The first kappa shape index (κ1) is 15.8. The summed E-state index contributed by atoms with van der Waals surface area (Å²) in [5, 5.41) is 2.99. The summed E-state index contributed by atoms with van der Waals surface area (Å²) in [6.07, 6.45) is 3.42. The van der Waals surface area contributed by atoms with Gasteiger partial charge in [0.15, 0.2) is 0 Å². The molecule has 0 spiro atoms. The summed E-state index contributed by atoms with van der Waals surface area (Å²) in [7, 11) is 0. The van der Waals surface area contributed by atoms with Crippen LogP contribution in [0.2, 0.25) is 0 Å². The van der Waals surface area contributed by atoms with Crippen LogP contribution >= 0.6 is 0 Å². The Labute approximate surface area is 125 Å². The van der Waals surface area contributed by atoms with Crippen LogP contribution in [0.4, 0.5) is 10.1 Å². The number of piperidine rings is 1. The van der Waals surface area contributed by atoms with E-state index in [9.17, 15) is 9.18 Å². The molecule has 1 aromatic rings. The van der Waals surface area contributed by atoms with Gasteiger partial charge in [-0.1, -0.05) is 25.5 Å². The van der Waals surface area contributed by atoms with E-state index in [2.05, 4.69) is 5.32 Å². The number of carbonyl (C=O) groups excluding carboxylic acids is 1. The molecule has 116 valence electrons. The molecule has 2 atom stereocenters. The van der Waals surface area contributed by atoms with Crippen LogP contribution in [0.25, 0.3) is 0 Å². The molecule has 4 nitrogen and oxygen atoms in total. The minimum atomic E-state index is -0.446. The van der Waals surface area contributed by atoms with E-state index in [1.54, 1.807) is 12.1 Å². The van der Waals surface area contributed by atoms with E-state index >= 15 is 0 Å². The number of carbonyl (C=O) groups is 1. The van der Waals surface area contributed by atoms with Gasteiger partial charge in [0.2, 0.25) is 5.91 Å². The van der Waals surface area contributed by atoms with E-state index in [4.69, 9.17) is 5.73 Å². The Hall–Kier alpha value is -1.62. The molecule has 1 fully saturated rings. The summed E-state index contributed by atoms with van der Waals surface area (Å²) >= 11 is 0. The fourth-order valence-corrected chi connectivity index (χ4v) is 2.77. The normalized spacial score (nSPS) is 20.1. The molecular formula is C16H24FN3O. The van der Waals surface area contributed by atoms with Crippen LogP contribution < -0.4 is 16.0 Å². The van der Waals surface area contributed by atoms with Crippen LogP contribution in [0.5, 0.6) is 0 Å². The fourth-order valence-electron chi connectivity index (χ4n) is 2.77. The van der Waals surface area contributed by atoms with Gasteiger partial charge in [-0.3, -0.25) is 4.79 Å². The average molecular weight is 293 g/mol. The Morgan fingerprint density at radius 2 is 2.29 bits per heavy atom. The average Bonchev–Trinajstić information content (AvgIpc) is 2.48. The fraction of sp³-hybridized carbons (Fsp3) is 0.562. The molecule has 0 radical (unpaired) electrons. The first-order chi connectivity index (χ1) is 10.1. The zero-order valence-corrected chi connectivity index (χ0v) is 12.5. The summed E-state index contributed by atoms with van der Waals surface area (Å²) in [6.45, 7) is 3.45. The molecule has 1 saturated heterocycles. The zero-order chi connectivity index (χ0) is 15.2. The molecule has 1 aromatic carbocycles. The number of hydrogen-bond donors (Lipinski definition) is 2. The van der Waals surface area contributed by atoms with E-state index < -0.39 is 6.04 Å². The number of anilines is 1. The molecule has 21 heavy (non-hydrogen) atoms. The van der Waals surface area contributed by atoms with Crippen molar-refractivity contribution >= 4 is 11.6 Å². The molecule has 0 aromatic heterocycles. The highest BCUT2D eigenvalue weighted by Crippen LogP contribution is 2.22. The number of halogens is 1. The summed E-state index contributed by atoms with van der Waals surface area (Å²) in [6, 6.07) is 6.35. The van der Waals surface area contributed by atoms with E-state index in [1.807, 2.05) is 17.9 Å². The third-order valence-corrected chi connectivity index (χ3v) is 3.90. The van der Waals surface area contributed by atoms with E-state index in [1.165, 1.54) is 6.07 Å². The van der Waals surface area contributed by atoms with Crippen LogP contribution in [-0.2, 0) is 4.79 Å². The SMILES string of the molecule is CCCC(N)C(=O)NC1CCCN(c2ccccc2F)C1. The lowest BCUT2D eigenvalue weighted by Gasteiger charge is -2.35. The number of rotatable bonds is 5. The van der Waals surface area contributed by atoms with Gasteiger partial charge in [0, 0.05) is 19.1 Å². The number of nitrogens with zero attached hydrogens (tertiary/aromatic N) is 1. The van der Waals surface area contributed by atoms with Crippen LogP contribution in [-0.4, -0.2) is 31.1 Å². The van der Waals surface area contributed by atoms with Gasteiger partial charge in [0.1, 0.15) is 5.82 Å². The molecule has 2 unspecified atom stereocenters. The molecule has 5 heteroatoms. The van der Waals surface area contributed by atoms with Gasteiger partial charge >= 0.3 is 0 Å². The number of para-hydroxylation sites is 1. The van der Waals surface area contributed by atoms with Crippen molar-refractivity contribution in [3.63, 3.8) is 0 Å². The molecule has 0 aliphatic carbocycles. The molecular weight excluding hydrogens is 269 g/mol. The monoisotopic (exact) mass is 293 g/mol. The maximum Gasteiger partial charge on any atom is 0.237 e. The molecule has 2 rings (SSSR count). The number of nitrogens with one attached hydrogen (secondary N) is 1. The summed E-state index contributed by atoms with van der Waals surface area (Å²) in [4.78, 5) is 14.0. The van der Waals surface area contributed by atoms with E-state index in [-0.39, 0.29) is 17.8 Å². The first-order valence-corrected chi connectivity index (χ1v) is 7.67. The quantitative estimate of drug-likeness (QED) is 0.873. The highest BCUT2D eigenvalue weighted by molar-refractivity contribution is 5.81. The maximum absolute atomic E-state index is 13.8. The van der Waals surface area contributed by atoms with Crippen molar-refractivity contribution in [3.05, 3.63) is 30.1 Å². The lowest BCUT2D eigenvalue weighted by atomic mass is 10.0. The number of amides is 1. The van der Waals surface area contributed by atoms with Crippen molar-refractivity contribution < 1.29 is 9.18 Å². The predicted molar refractivity (Wildman–Crippen MR) is 82.7 cm³/mol. The molecule has 0 saturated carbocycles. The maximum atomic E-state index is 13.8. The lowest BCUT2D eigenvalue weighted by molar-refractivity contribution is -0.123. The topological polar surface area (TPSA) is 58.4 Å². The Morgan fingerprint density at radius 1 is 1.52 bits per heavy atom. The first-order valence-electron chi connectivity index (χ1n) is 7.67. The van der Waals surface area contributed by atoms with Gasteiger partial charge in [0.25, 0.3) is 0 Å². The molecule has 1 aliphatic heterocycles. The van der Waals surface area contributed by atoms with Gasteiger partial charge in [-0.2, -0.15) is 0 Å². The second-order valence-corrected chi connectivity index (χ2v) is 5.64. The van der Waals surface area contributed by atoms with Gasteiger partial charge in [0.05, 0.1) is 11.7 Å². The Balaban J connectivity index is 1.95. The molecule has 1 amide bonds. The molecule has 3 N–H and O–H groups in total. The summed E-state index contributed by atoms with van der Waals surface area (Å²) in [5.41, 5.74) is 6.43. The number of nitrogens with two attached hydrogens (primary N) is 1. The van der Waals surface area contributed by atoms with Crippen LogP contribution in [0.15, 0.2) is 24.3 Å². The predicted octanol–water partition coefficient (Wildman–Crippen LogP) is 2.04.